The van der Waals surface area contributed by atoms with E-state index in [0.29, 0.717) is 18.2 Å². The standard InChI is InChI=1S/C16H25NO/c1-12(2)17-13(3)14-8-10-16(11-9-14)18-15-6-4-5-7-15/h8-13,15,17H,4-7H2,1-3H3/t13-/m0/s1. The van der Waals surface area contributed by atoms with Crippen molar-refractivity contribution in [1.29, 1.82) is 0 Å². The lowest BCUT2D eigenvalue weighted by Crippen LogP contribution is -2.25. The van der Waals surface area contributed by atoms with Crippen molar-refractivity contribution in [1.82, 2.24) is 5.32 Å². The molecule has 2 heteroatoms. The average Bonchev–Trinajstić information content (AvgIpc) is 2.82. The third-order valence-corrected chi connectivity index (χ3v) is 3.57. The van der Waals surface area contributed by atoms with Gasteiger partial charge in [0.1, 0.15) is 5.75 Å². The molecule has 0 bridgehead atoms. The van der Waals surface area contributed by atoms with Gasteiger partial charge in [0, 0.05) is 12.1 Å². The molecule has 0 unspecified atom stereocenters. The molecular formula is C16H25NO. The third-order valence-electron chi connectivity index (χ3n) is 3.57. The van der Waals surface area contributed by atoms with Crippen molar-refractivity contribution in [2.75, 3.05) is 0 Å². The minimum Gasteiger partial charge on any atom is -0.490 e. The predicted molar refractivity (Wildman–Crippen MR) is 76.0 cm³/mol. The van der Waals surface area contributed by atoms with Crippen LogP contribution < -0.4 is 10.1 Å². The quantitative estimate of drug-likeness (QED) is 0.847. The van der Waals surface area contributed by atoms with E-state index in [1.165, 1.54) is 31.2 Å². The molecule has 1 N–H and O–H groups in total. The first-order valence-corrected chi connectivity index (χ1v) is 7.18. The maximum Gasteiger partial charge on any atom is 0.119 e. The number of nitrogens with one attached hydrogen (secondary N) is 1. The minimum atomic E-state index is 0.394. The summed E-state index contributed by atoms with van der Waals surface area (Å²) in [6.07, 6.45) is 5.51. The molecule has 0 saturated heterocycles. The van der Waals surface area contributed by atoms with Gasteiger partial charge in [-0.25, -0.2) is 0 Å². The van der Waals surface area contributed by atoms with E-state index in [1.54, 1.807) is 0 Å². The molecule has 2 nitrogen and oxygen atoms in total. The lowest BCUT2D eigenvalue weighted by molar-refractivity contribution is 0.210. The van der Waals surface area contributed by atoms with E-state index in [1.807, 2.05) is 0 Å². The van der Waals surface area contributed by atoms with Crippen LogP contribution in [0.2, 0.25) is 0 Å². The third kappa shape index (κ3) is 3.74. The van der Waals surface area contributed by atoms with Crippen LogP contribution in [0.4, 0.5) is 0 Å². The smallest absolute Gasteiger partial charge is 0.119 e. The van der Waals surface area contributed by atoms with Crippen LogP contribution in [-0.4, -0.2) is 12.1 Å². The predicted octanol–water partition coefficient (Wildman–Crippen LogP) is 4.07. The molecule has 1 atom stereocenters. The number of ether oxygens (including phenoxy) is 1. The summed E-state index contributed by atoms with van der Waals surface area (Å²) in [5.41, 5.74) is 1.32. The van der Waals surface area contributed by atoms with Crippen LogP contribution in [0.15, 0.2) is 24.3 Å². The van der Waals surface area contributed by atoms with Gasteiger partial charge in [0.15, 0.2) is 0 Å². The van der Waals surface area contributed by atoms with Crippen molar-refractivity contribution >= 4 is 0 Å². The van der Waals surface area contributed by atoms with Crippen LogP contribution in [-0.2, 0) is 0 Å². The van der Waals surface area contributed by atoms with Gasteiger partial charge in [-0.05, 0) is 50.3 Å². The van der Waals surface area contributed by atoms with Gasteiger partial charge in [-0.1, -0.05) is 26.0 Å². The highest BCUT2D eigenvalue weighted by atomic mass is 16.5. The largest absolute Gasteiger partial charge is 0.490 e. The van der Waals surface area contributed by atoms with Gasteiger partial charge in [-0.3, -0.25) is 0 Å². The summed E-state index contributed by atoms with van der Waals surface area (Å²) in [6.45, 7) is 6.55. The monoisotopic (exact) mass is 247 g/mol. The fraction of sp³-hybridized carbons (Fsp3) is 0.625. The first kappa shape index (κ1) is 13.4. The molecular weight excluding hydrogens is 222 g/mol. The molecule has 1 fully saturated rings. The first-order valence-electron chi connectivity index (χ1n) is 7.18. The Morgan fingerprint density at radius 3 is 2.22 bits per heavy atom. The summed E-state index contributed by atoms with van der Waals surface area (Å²) in [7, 11) is 0. The van der Waals surface area contributed by atoms with Crippen LogP contribution in [0.25, 0.3) is 0 Å². The zero-order valence-electron chi connectivity index (χ0n) is 11.8. The van der Waals surface area contributed by atoms with E-state index in [2.05, 4.69) is 50.4 Å². The van der Waals surface area contributed by atoms with Crippen LogP contribution >= 0.6 is 0 Å². The van der Waals surface area contributed by atoms with Crippen molar-refractivity contribution in [3.8, 4) is 5.75 Å². The lowest BCUT2D eigenvalue weighted by Gasteiger charge is -2.18. The molecule has 100 valence electrons. The zero-order chi connectivity index (χ0) is 13.0. The molecule has 0 amide bonds. The second kappa shape index (κ2) is 6.24. The number of benzene rings is 1. The normalized spacial score (nSPS) is 18.2. The molecule has 2 rings (SSSR count). The van der Waals surface area contributed by atoms with Gasteiger partial charge < -0.3 is 10.1 Å². The van der Waals surface area contributed by atoms with Crippen molar-refractivity contribution in [2.45, 2.75) is 64.6 Å². The van der Waals surface area contributed by atoms with E-state index >= 15 is 0 Å². The Morgan fingerprint density at radius 2 is 1.67 bits per heavy atom. The van der Waals surface area contributed by atoms with Crippen LogP contribution in [0.5, 0.6) is 5.75 Å². The summed E-state index contributed by atoms with van der Waals surface area (Å²) < 4.78 is 5.97. The highest BCUT2D eigenvalue weighted by molar-refractivity contribution is 5.29. The molecule has 0 aliphatic heterocycles. The summed E-state index contributed by atoms with van der Waals surface area (Å²) in [5.74, 6) is 1.02. The van der Waals surface area contributed by atoms with E-state index in [9.17, 15) is 0 Å². The maximum atomic E-state index is 5.97. The molecule has 0 heterocycles. The molecule has 1 aromatic carbocycles. The number of hydrogen-bond acceptors (Lipinski definition) is 2. The van der Waals surface area contributed by atoms with E-state index < -0.39 is 0 Å². The molecule has 0 aromatic heterocycles. The summed E-state index contributed by atoms with van der Waals surface area (Å²) in [5, 5.41) is 3.51. The molecule has 18 heavy (non-hydrogen) atoms. The van der Waals surface area contributed by atoms with Crippen molar-refractivity contribution in [3.05, 3.63) is 29.8 Å². The molecule has 1 aliphatic carbocycles. The van der Waals surface area contributed by atoms with Crippen LogP contribution in [0, 0.1) is 0 Å². The summed E-state index contributed by atoms with van der Waals surface area (Å²) >= 11 is 0. The second-order valence-corrected chi connectivity index (χ2v) is 5.64. The zero-order valence-corrected chi connectivity index (χ0v) is 11.8. The van der Waals surface area contributed by atoms with Crippen molar-refractivity contribution in [2.24, 2.45) is 0 Å². The van der Waals surface area contributed by atoms with Crippen LogP contribution in [0.3, 0.4) is 0 Å². The van der Waals surface area contributed by atoms with Gasteiger partial charge in [0.05, 0.1) is 6.10 Å². The van der Waals surface area contributed by atoms with Crippen molar-refractivity contribution in [3.63, 3.8) is 0 Å². The van der Waals surface area contributed by atoms with Gasteiger partial charge in [-0.2, -0.15) is 0 Å². The molecule has 1 aliphatic rings. The average molecular weight is 247 g/mol. The highest BCUT2D eigenvalue weighted by Gasteiger charge is 2.16. The highest BCUT2D eigenvalue weighted by Crippen LogP contribution is 2.25. The fourth-order valence-corrected chi connectivity index (χ4v) is 2.63. The van der Waals surface area contributed by atoms with E-state index in [4.69, 9.17) is 4.74 Å². The van der Waals surface area contributed by atoms with Gasteiger partial charge in [0.2, 0.25) is 0 Å². The Kier molecular flexibility index (Phi) is 4.65. The second-order valence-electron chi connectivity index (χ2n) is 5.64. The molecule has 0 radical (unpaired) electrons. The lowest BCUT2D eigenvalue weighted by atomic mass is 10.1. The van der Waals surface area contributed by atoms with Gasteiger partial charge in [0.25, 0.3) is 0 Å². The van der Waals surface area contributed by atoms with Gasteiger partial charge >= 0.3 is 0 Å². The molecule has 0 spiro atoms. The first-order chi connectivity index (χ1) is 8.65. The Balaban J connectivity index is 1.92. The Bertz CT molecular complexity index is 352. The Labute approximate surface area is 111 Å². The van der Waals surface area contributed by atoms with Gasteiger partial charge in [-0.15, -0.1) is 0 Å². The van der Waals surface area contributed by atoms with E-state index in [-0.39, 0.29) is 0 Å². The Morgan fingerprint density at radius 1 is 1.06 bits per heavy atom. The summed E-state index contributed by atoms with van der Waals surface area (Å²) in [6, 6.07) is 9.45. The number of rotatable bonds is 5. The minimum absolute atomic E-state index is 0.394. The van der Waals surface area contributed by atoms with Crippen LogP contribution in [0.1, 0.15) is 58.1 Å². The SMILES string of the molecule is CC(C)N[C@@H](C)c1ccc(OC2CCCC2)cc1. The molecule has 1 saturated carbocycles. The van der Waals surface area contributed by atoms with E-state index in [0.717, 1.165) is 5.75 Å². The fourth-order valence-electron chi connectivity index (χ4n) is 2.63. The molecule has 1 aromatic rings. The summed E-state index contributed by atoms with van der Waals surface area (Å²) in [4.78, 5) is 0. The Hall–Kier alpha value is -1.02. The van der Waals surface area contributed by atoms with Crippen molar-refractivity contribution < 1.29 is 4.74 Å². The maximum absolute atomic E-state index is 5.97. The topological polar surface area (TPSA) is 21.3 Å². The number of hydrogen-bond donors (Lipinski definition) is 1.